The molecule has 5 nitrogen and oxygen atoms in total. The van der Waals surface area contributed by atoms with E-state index in [4.69, 9.17) is 14.7 Å². The molecule has 0 aliphatic heterocycles. The normalized spacial score (nSPS) is 14.3. The average molecular weight is 399 g/mol. The van der Waals surface area contributed by atoms with Gasteiger partial charge in [0, 0.05) is 23.5 Å². The zero-order chi connectivity index (χ0) is 18.5. The molecule has 1 aliphatic rings. The summed E-state index contributed by atoms with van der Waals surface area (Å²) in [5.41, 5.74) is 2.03. The van der Waals surface area contributed by atoms with Gasteiger partial charge in [-0.1, -0.05) is 49.6 Å². The number of hydrogen-bond acceptors (Lipinski definition) is 5. The first-order valence-corrected chi connectivity index (χ1v) is 9.72. The largest absolute Gasteiger partial charge is 0.496 e. The molecule has 0 amide bonds. The van der Waals surface area contributed by atoms with Gasteiger partial charge in [0.1, 0.15) is 11.6 Å². The van der Waals surface area contributed by atoms with Crippen LogP contribution < -0.4 is 15.4 Å². The Morgan fingerprint density at radius 2 is 1.71 bits per heavy atom. The Morgan fingerprint density at radius 1 is 0.964 bits per heavy atom. The molecule has 0 bridgehead atoms. The maximum atomic E-state index is 5.44. The van der Waals surface area contributed by atoms with Crippen LogP contribution in [0.25, 0.3) is 10.9 Å². The van der Waals surface area contributed by atoms with Gasteiger partial charge in [0.15, 0.2) is 0 Å². The monoisotopic (exact) mass is 398 g/mol. The van der Waals surface area contributed by atoms with E-state index in [0.717, 1.165) is 28.0 Å². The van der Waals surface area contributed by atoms with Crippen LogP contribution in [0.15, 0.2) is 48.5 Å². The summed E-state index contributed by atoms with van der Waals surface area (Å²) in [6, 6.07) is 16.7. The molecule has 1 aromatic heterocycles. The zero-order valence-electron chi connectivity index (χ0n) is 16.1. The van der Waals surface area contributed by atoms with Crippen LogP contribution in [0, 0.1) is 0 Å². The predicted molar refractivity (Wildman–Crippen MR) is 118 cm³/mol. The van der Waals surface area contributed by atoms with E-state index >= 15 is 0 Å². The molecule has 4 rings (SSSR count). The fourth-order valence-corrected chi connectivity index (χ4v) is 3.73. The summed E-state index contributed by atoms with van der Waals surface area (Å²) in [4.78, 5) is 9.49. The Hall–Kier alpha value is -2.53. The summed E-state index contributed by atoms with van der Waals surface area (Å²) < 4.78 is 5.44. The van der Waals surface area contributed by atoms with Crippen LogP contribution in [0.4, 0.5) is 11.8 Å². The molecule has 0 spiro atoms. The molecule has 1 heterocycles. The van der Waals surface area contributed by atoms with Gasteiger partial charge in [-0.3, -0.25) is 0 Å². The Balaban J connectivity index is 0.00000225. The maximum Gasteiger partial charge on any atom is 0.225 e. The minimum Gasteiger partial charge on any atom is -0.496 e. The van der Waals surface area contributed by atoms with Gasteiger partial charge >= 0.3 is 0 Å². The van der Waals surface area contributed by atoms with E-state index in [9.17, 15) is 0 Å². The summed E-state index contributed by atoms with van der Waals surface area (Å²) in [6.07, 6.45) is 6.35. The van der Waals surface area contributed by atoms with E-state index in [1.165, 1.54) is 32.1 Å². The first-order chi connectivity index (χ1) is 13.3. The van der Waals surface area contributed by atoms with Crippen LogP contribution in [0.1, 0.15) is 37.7 Å². The van der Waals surface area contributed by atoms with E-state index < -0.39 is 0 Å². The van der Waals surface area contributed by atoms with Crippen LogP contribution in [-0.4, -0.2) is 23.1 Å². The lowest BCUT2D eigenvalue weighted by Crippen LogP contribution is -2.23. The Bertz CT molecular complexity index is 912. The van der Waals surface area contributed by atoms with Crippen molar-refractivity contribution in [1.29, 1.82) is 0 Å². The van der Waals surface area contributed by atoms with Crippen molar-refractivity contribution < 1.29 is 4.74 Å². The van der Waals surface area contributed by atoms with Crippen LogP contribution in [0.3, 0.4) is 0 Å². The van der Waals surface area contributed by atoms with Crippen LogP contribution in [0.5, 0.6) is 5.75 Å². The Morgan fingerprint density at radius 3 is 2.54 bits per heavy atom. The smallest absolute Gasteiger partial charge is 0.225 e. The van der Waals surface area contributed by atoms with Crippen molar-refractivity contribution in [2.45, 2.75) is 44.7 Å². The molecule has 0 radical (unpaired) electrons. The lowest BCUT2D eigenvalue weighted by Gasteiger charge is -2.24. The van der Waals surface area contributed by atoms with Gasteiger partial charge in [-0.25, -0.2) is 4.98 Å². The maximum absolute atomic E-state index is 5.44. The number of methoxy groups -OCH3 is 1. The molecule has 1 aliphatic carbocycles. The van der Waals surface area contributed by atoms with Crippen LogP contribution in [-0.2, 0) is 6.54 Å². The highest BCUT2D eigenvalue weighted by Crippen LogP contribution is 2.27. The van der Waals surface area contributed by atoms with E-state index in [1.54, 1.807) is 7.11 Å². The number of para-hydroxylation sites is 2. The van der Waals surface area contributed by atoms with Gasteiger partial charge < -0.3 is 15.4 Å². The summed E-state index contributed by atoms with van der Waals surface area (Å²) in [6.45, 7) is 0.616. The lowest BCUT2D eigenvalue weighted by atomic mass is 9.95. The van der Waals surface area contributed by atoms with Crippen molar-refractivity contribution in [3.05, 3.63) is 54.1 Å². The number of ether oxygens (including phenoxy) is 1. The second-order valence-electron chi connectivity index (χ2n) is 7.06. The number of anilines is 2. The average Bonchev–Trinajstić information content (AvgIpc) is 2.73. The van der Waals surface area contributed by atoms with Crippen molar-refractivity contribution in [3.63, 3.8) is 0 Å². The van der Waals surface area contributed by atoms with Crippen LogP contribution in [0.2, 0.25) is 0 Å². The van der Waals surface area contributed by atoms with Crippen molar-refractivity contribution >= 4 is 35.1 Å². The molecule has 28 heavy (non-hydrogen) atoms. The van der Waals surface area contributed by atoms with Gasteiger partial charge in [0.2, 0.25) is 5.95 Å². The molecule has 3 aromatic rings. The van der Waals surface area contributed by atoms with Gasteiger partial charge in [-0.2, -0.15) is 4.98 Å². The number of fused-ring (bicyclic) bond motifs is 1. The van der Waals surface area contributed by atoms with Gasteiger partial charge in [-0.15, -0.1) is 12.4 Å². The van der Waals surface area contributed by atoms with Gasteiger partial charge in [-0.05, 0) is 31.0 Å². The van der Waals surface area contributed by atoms with E-state index in [1.807, 2.05) is 42.5 Å². The molecule has 2 N–H and O–H groups in total. The quantitative estimate of drug-likeness (QED) is 0.580. The Kier molecular flexibility index (Phi) is 6.93. The SMILES string of the molecule is COc1ccccc1CNc1nc(NC2CCCCC2)c2ccccc2n1.Cl. The number of benzene rings is 2. The van der Waals surface area contributed by atoms with E-state index in [2.05, 4.69) is 16.7 Å². The fourth-order valence-electron chi connectivity index (χ4n) is 3.73. The minimum absolute atomic E-state index is 0. The van der Waals surface area contributed by atoms with E-state index in [0.29, 0.717) is 18.5 Å². The fraction of sp³-hybridized carbons (Fsp3) is 0.364. The summed E-state index contributed by atoms with van der Waals surface area (Å²) in [5, 5.41) is 8.11. The molecule has 0 unspecified atom stereocenters. The summed E-state index contributed by atoms with van der Waals surface area (Å²) in [5.74, 6) is 2.43. The first-order valence-electron chi connectivity index (χ1n) is 9.72. The highest BCUT2D eigenvalue weighted by atomic mass is 35.5. The second-order valence-corrected chi connectivity index (χ2v) is 7.06. The van der Waals surface area contributed by atoms with Crippen molar-refractivity contribution in [2.75, 3.05) is 17.7 Å². The Labute approximate surface area is 172 Å². The van der Waals surface area contributed by atoms with Crippen molar-refractivity contribution in [1.82, 2.24) is 9.97 Å². The standard InChI is InChI=1S/C22H26N4O.ClH/c1-27-20-14-8-5-9-16(20)15-23-22-25-19-13-7-6-12-18(19)21(26-22)24-17-10-3-2-4-11-17;/h5-9,12-14,17H,2-4,10-11,15H2,1H3,(H2,23,24,25,26);1H. The topological polar surface area (TPSA) is 59.1 Å². The molecule has 2 aromatic carbocycles. The van der Waals surface area contributed by atoms with Crippen molar-refractivity contribution in [2.24, 2.45) is 0 Å². The third-order valence-electron chi connectivity index (χ3n) is 5.18. The minimum atomic E-state index is 0. The molecule has 0 atom stereocenters. The third-order valence-corrected chi connectivity index (χ3v) is 5.18. The highest BCUT2D eigenvalue weighted by molar-refractivity contribution is 5.90. The second kappa shape index (κ2) is 9.60. The number of halogens is 1. The first kappa shape index (κ1) is 20.2. The lowest BCUT2D eigenvalue weighted by molar-refractivity contribution is 0.410. The third kappa shape index (κ3) is 4.65. The molecule has 6 heteroatoms. The molecule has 1 fully saturated rings. The number of rotatable bonds is 6. The molecule has 0 saturated heterocycles. The van der Waals surface area contributed by atoms with Gasteiger partial charge in [0.25, 0.3) is 0 Å². The van der Waals surface area contributed by atoms with E-state index in [-0.39, 0.29) is 12.4 Å². The molecular weight excluding hydrogens is 372 g/mol. The number of nitrogens with one attached hydrogen (secondary N) is 2. The molecule has 148 valence electrons. The number of nitrogens with zero attached hydrogens (tertiary/aromatic N) is 2. The van der Waals surface area contributed by atoms with Crippen LogP contribution >= 0.6 is 12.4 Å². The van der Waals surface area contributed by atoms with Crippen molar-refractivity contribution in [3.8, 4) is 5.75 Å². The van der Waals surface area contributed by atoms with Gasteiger partial charge in [0.05, 0.1) is 12.6 Å². The predicted octanol–water partition coefficient (Wildman–Crippen LogP) is 5.42. The number of aromatic nitrogens is 2. The zero-order valence-corrected chi connectivity index (χ0v) is 17.0. The molecule has 1 saturated carbocycles. The molecular formula is C22H27ClN4O. The number of hydrogen-bond donors (Lipinski definition) is 2. The summed E-state index contributed by atoms with van der Waals surface area (Å²) >= 11 is 0. The highest BCUT2D eigenvalue weighted by Gasteiger charge is 2.16. The summed E-state index contributed by atoms with van der Waals surface area (Å²) in [7, 11) is 1.69.